The highest BCUT2D eigenvalue weighted by Crippen LogP contribution is 2.35. The quantitative estimate of drug-likeness (QED) is 0.226. The lowest BCUT2D eigenvalue weighted by molar-refractivity contribution is 0.0500. The molecule has 8 nitrogen and oxygen atoms in total. The van der Waals surface area contributed by atoms with E-state index in [1.165, 1.54) is 0 Å². The van der Waals surface area contributed by atoms with E-state index in [1.807, 2.05) is 78.9 Å². The first-order chi connectivity index (χ1) is 21.5. The fraction of sp³-hybridized carbons (Fsp3) is 0.314. The predicted octanol–water partition coefficient (Wildman–Crippen LogP) is 6.04. The first-order valence-corrected chi connectivity index (χ1v) is 15.1. The summed E-state index contributed by atoms with van der Waals surface area (Å²) in [6.45, 7) is 5.00. The second-order valence-corrected chi connectivity index (χ2v) is 11.4. The van der Waals surface area contributed by atoms with Crippen LogP contribution in [0.3, 0.4) is 0 Å². The molecule has 0 spiro atoms. The third kappa shape index (κ3) is 7.47. The van der Waals surface area contributed by atoms with Crippen LogP contribution >= 0.6 is 0 Å². The first kappa shape index (κ1) is 29.4. The lowest BCUT2D eigenvalue weighted by Crippen LogP contribution is -2.53. The summed E-state index contributed by atoms with van der Waals surface area (Å²) in [6.07, 6.45) is 0.790. The van der Waals surface area contributed by atoms with E-state index in [1.54, 1.807) is 12.1 Å². The fourth-order valence-corrected chi connectivity index (χ4v) is 5.84. The Bertz CT molecular complexity index is 1540. The van der Waals surface area contributed by atoms with Crippen molar-refractivity contribution in [1.82, 2.24) is 9.88 Å². The topological polar surface area (TPSA) is 90.2 Å². The van der Waals surface area contributed by atoms with Crippen molar-refractivity contribution in [2.75, 3.05) is 37.6 Å². The van der Waals surface area contributed by atoms with Gasteiger partial charge < -0.3 is 29.7 Å². The summed E-state index contributed by atoms with van der Waals surface area (Å²) >= 11 is 0. The van der Waals surface area contributed by atoms with Gasteiger partial charge in [0.2, 0.25) is 11.8 Å². The van der Waals surface area contributed by atoms with Crippen molar-refractivity contribution in [3.05, 3.63) is 108 Å². The number of nitrogens with two attached hydrogens (primary N) is 1. The molecule has 2 aliphatic heterocycles. The van der Waals surface area contributed by atoms with Crippen molar-refractivity contribution in [2.45, 2.75) is 32.2 Å². The second kappa shape index (κ2) is 13.8. The highest BCUT2D eigenvalue weighted by atomic mass is 19.1. The van der Waals surface area contributed by atoms with Gasteiger partial charge in [-0.3, -0.25) is 0 Å². The van der Waals surface area contributed by atoms with Gasteiger partial charge in [0, 0.05) is 50.3 Å². The Morgan fingerprint density at radius 1 is 0.864 bits per heavy atom. The molecule has 1 amide bonds. The average Bonchev–Trinajstić information content (AvgIpc) is 3.02. The number of hydrogen-bond donors (Lipinski definition) is 1. The van der Waals surface area contributed by atoms with Crippen molar-refractivity contribution >= 4 is 11.8 Å². The molecule has 0 bridgehead atoms. The van der Waals surface area contributed by atoms with Gasteiger partial charge in [-0.2, -0.15) is 4.98 Å². The number of carbonyl (C=O) groups excluding carboxylic acids is 1. The molecule has 228 valence electrons. The maximum Gasteiger partial charge on any atom is 0.404 e. The van der Waals surface area contributed by atoms with Gasteiger partial charge >= 0.3 is 6.09 Å². The van der Waals surface area contributed by atoms with Crippen molar-refractivity contribution in [3.8, 4) is 22.9 Å². The van der Waals surface area contributed by atoms with E-state index in [-0.39, 0.29) is 11.9 Å². The summed E-state index contributed by atoms with van der Waals surface area (Å²) in [5, 5.41) is 0. The molecule has 0 aliphatic carbocycles. The van der Waals surface area contributed by atoms with Crippen molar-refractivity contribution in [1.29, 1.82) is 0 Å². The molecule has 0 atom stereocenters. The van der Waals surface area contributed by atoms with Crippen LogP contribution in [-0.2, 0) is 18.0 Å². The van der Waals surface area contributed by atoms with Gasteiger partial charge in [0.05, 0.1) is 5.69 Å². The van der Waals surface area contributed by atoms with Crippen molar-refractivity contribution < 1.29 is 23.4 Å². The highest BCUT2D eigenvalue weighted by Gasteiger charge is 2.32. The van der Waals surface area contributed by atoms with Crippen LogP contribution in [0.25, 0.3) is 11.1 Å². The molecular weight excluding hydrogens is 559 g/mol. The normalized spacial score (nSPS) is 15.9. The first-order valence-electron chi connectivity index (χ1n) is 15.1. The molecule has 3 heterocycles. The third-order valence-electron chi connectivity index (χ3n) is 8.17. The standard InChI is InChI=1S/C35H37FN4O4/c36-31-19-28(11-13-32(31)40-21-27(22-40)20-39-17-15-29(16-18-39)44-35(37)41)30-12-14-33(42-23-25-7-3-1-4-8-25)38-34(30)43-24-26-9-5-2-6-10-26/h1-14,19,27,29H,15-18,20-24H2,(H2,37,41). The summed E-state index contributed by atoms with van der Waals surface area (Å²) < 4.78 is 32.8. The molecule has 0 unspecified atom stereocenters. The third-order valence-corrected chi connectivity index (χ3v) is 8.17. The van der Waals surface area contributed by atoms with Crippen molar-refractivity contribution in [2.24, 2.45) is 11.7 Å². The predicted molar refractivity (Wildman–Crippen MR) is 167 cm³/mol. The largest absolute Gasteiger partial charge is 0.473 e. The number of pyridine rings is 1. The zero-order chi connectivity index (χ0) is 30.3. The molecule has 2 aliphatic rings. The molecule has 0 saturated carbocycles. The Labute approximate surface area is 257 Å². The van der Waals surface area contributed by atoms with E-state index in [9.17, 15) is 4.79 Å². The molecule has 9 heteroatoms. The number of hydrogen-bond acceptors (Lipinski definition) is 7. The summed E-state index contributed by atoms with van der Waals surface area (Å²) in [5.41, 5.74) is 9.18. The van der Waals surface area contributed by atoms with Crippen LogP contribution in [0.1, 0.15) is 24.0 Å². The number of piperidine rings is 1. The van der Waals surface area contributed by atoms with Gasteiger partial charge in [-0.1, -0.05) is 66.7 Å². The van der Waals surface area contributed by atoms with Crippen LogP contribution in [0.15, 0.2) is 91.0 Å². The fourth-order valence-electron chi connectivity index (χ4n) is 5.84. The summed E-state index contributed by atoms with van der Waals surface area (Å²) in [7, 11) is 0. The Morgan fingerprint density at radius 3 is 2.16 bits per heavy atom. The summed E-state index contributed by atoms with van der Waals surface area (Å²) in [5.74, 6) is 1.02. The Morgan fingerprint density at radius 2 is 1.52 bits per heavy atom. The number of primary amides is 1. The van der Waals surface area contributed by atoms with Crippen LogP contribution in [-0.4, -0.2) is 54.8 Å². The number of likely N-dealkylation sites (tertiary alicyclic amines) is 1. The number of anilines is 1. The van der Waals surface area contributed by atoms with Crippen molar-refractivity contribution in [3.63, 3.8) is 0 Å². The van der Waals surface area contributed by atoms with Gasteiger partial charge in [-0.15, -0.1) is 0 Å². The number of aromatic nitrogens is 1. The van der Waals surface area contributed by atoms with E-state index in [0.717, 1.165) is 56.7 Å². The smallest absolute Gasteiger partial charge is 0.404 e. The van der Waals surface area contributed by atoms with Crippen LogP contribution in [0.5, 0.6) is 11.8 Å². The average molecular weight is 597 g/mol. The number of ether oxygens (including phenoxy) is 3. The number of nitrogens with zero attached hydrogens (tertiary/aromatic N) is 3. The van der Waals surface area contributed by atoms with Crippen LogP contribution in [0.2, 0.25) is 0 Å². The zero-order valence-electron chi connectivity index (χ0n) is 24.6. The molecule has 2 saturated heterocycles. The molecule has 4 aromatic rings. The Balaban J connectivity index is 1.10. The van der Waals surface area contributed by atoms with Gasteiger partial charge in [-0.25, -0.2) is 9.18 Å². The lowest BCUT2D eigenvalue weighted by Gasteiger charge is -2.44. The summed E-state index contributed by atoms with van der Waals surface area (Å²) in [4.78, 5) is 20.1. The number of rotatable bonds is 11. The van der Waals surface area contributed by atoms with E-state index in [4.69, 9.17) is 19.9 Å². The maximum absolute atomic E-state index is 15.5. The van der Waals surface area contributed by atoms with E-state index in [2.05, 4.69) is 14.8 Å². The molecule has 2 fully saturated rings. The van der Waals surface area contributed by atoms with Gasteiger partial charge in [0.1, 0.15) is 25.1 Å². The maximum atomic E-state index is 15.5. The Hall–Kier alpha value is -4.63. The SMILES string of the molecule is NC(=O)OC1CCN(CC2CN(c3ccc(-c4ccc(OCc5ccccc5)nc4OCc4ccccc4)cc3F)C2)CC1. The van der Waals surface area contributed by atoms with E-state index in [0.29, 0.717) is 47.7 Å². The van der Waals surface area contributed by atoms with Crippen LogP contribution < -0.4 is 20.1 Å². The van der Waals surface area contributed by atoms with Gasteiger partial charge in [-0.05, 0) is 47.7 Å². The van der Waals surface area contributed by atoms with E-state index < -0.39 is 6.09 Å². The lowest BCUT2D eigenvalue weighted by atomic mass is 9.96. The van der Waals surface area contributed by atoms with Crippen LogP contribution in [0.4, 0.5) is 14.9 Å². The van der Waals surface area contributed by atoms with Gasteiger partial charge in [0.25, 0.3) is 0 Å². The van der Waals surface area contributed by atoms with Gasteiger partial charge in [0.15, 0.2) is 0 Å². The summed E-state index contributed by atoms with van der Waals surface area (Å²) in [6, 6.07) is 28.8. The number of benzene rings is 3. The number of amides is 1. The van der Waals surface area contributed by atoms with E-state index >= 15 is 4.39 Å². The second-order valence-electron chi connectivity index (χ2n) is 11.4. The molecule has 0 radical (unpaired) electrons. The molecule has 2 N–H and O–H groups in total. The Kier molecular flexibility index (Phi) is 9.22. The molecule has 1 aromatic heterocycles. The molecule has 44 heavy (non-hydrogen) atoms. The zero-order valence-corrected chi connectivity index (χ0v) is 24.6. The molecule has 3 aromatic carbocycles. The van der Waals surface area contributed by atoms with Crippen LogP contribution in [0, 0.1) is 11.7 Å². The molecule has 6 rings (SSSR count). The number of halogens is 1. The monoisotopic (exact) mass is 596 g/mol. The minimum Gasteiger partial charge on any atom is -0.473 e. The minimum atomic E-state index is -0.705. The highest BCUT2D eigenvalue weighted by molar-refractivity contribution is 5.71. The minimum absolute atomic E-state index is 0.0910. The molecular formula is C35H37FN4O4. The number of carbonyl (C=O) groups is 1.